The van der Waals surface area contributed by atoms with E-state index in [0.29, 0.717) is 46.8 Å². The van der Waals surface area contributed by atoms with E-state index in [4.69, 9.17) is 4.74 Å². The number of amides is 3. The van der Waals surface area contributed by atoms with E-state index in [9.17, 15) is 33.1 Å². The Hall–Kier alpha value is -3.38. The lowest BCUT2D eigenvalue weighted by molar-refractivity contribution is -0.148. The van der Waals surface area contributed by atoms with Crippen LogP contribution in [0.5, 0.6) is 5.88 Å². The van der Waals surface area contributed by atoms with Gasteiger partial charge in [-0.15, -0.1) is 11.3 Å². The standard InChI is InChI=1S/C29H32FN4O7PS/c1-41-25-13-16(9-10-31-25)19-14-33(15-19)29(37)22-7-6-20-3-2-4-21(28(36)34(20)22)32-27(35)24-12-18-11-17(5-8-23(18)43-24)26(30)42(38,39)40/h5,8-13,19-22,26H,2-4,6-7,14-15H2,1H3,(H,32,35)(H2,38,39,40)/t20-,21-,22-,26-/m0/s1. The van der Waals surface area contributed by atoms with Gasteiger partial charge in [-0.25, -0.2) is 9.37 Å². The van der Waals surface area contributed by atoms with Gasteiger partial charge in [0, 0.05) is 42.0 Å². The Morgan fingerprint density at radius 3 is 2.67 bits per heavy atom. The highest BCUT2D eigenvalue weighted by molar-refractivity contribution is 7.51. The maximum atomic E-state index is 14.2. The number of aromatic nitrogens is 1. The molecule has 3 aromatic rings. The highest BCUT2D eigenvalue weighted by atomic mass is 32.1. The zero-order valence-corrected chi connectivity index (χ0v) is 25.1. The van der Waals surface area contributed by atoms with Crippen molar-refractivity contribution in [3.05, 3.63) is 58.6 Å². The Bertz CT molecular complexity index is 1620. The summed E-state index contributed by atoms with van der Waals surface area (Å²) < 4.78 is 31.4. The molecule has 228 valence electrons. The minimum atomic E-state index is -4.97. The van der Waals surface area contributed by atoms with Crippen LogP contribution < -0.4 is 10.1 Å². The van der Waals surface area contributed by atoms with Gasteiger partial charge in [-0.2, -0.15) is 0 Å². The number of halogens is 1. The van der Waals surface area contributed by atoms with Crippen molar-refractivity contribution in [1.82, 2.24) is 20.1 Å². The van der Waals surface area contributed by atoms with Crippen molar-refractivity contribution in [2.75, 3.05) is 20.2 Å². The lowest BCUT2D eigenvalue weighted by atomic mass is 9.91. The van der Waals surface area contributed by atoms with Crippen LogP contribution in [0, 0.1) is 0 Å². The second-order valence-electron chi connectivity index (χ2n) is 11.4. The van der Waals surface area contributed by atoms with E-state index in [2.05, 4.69) is 10.3 Å². The van der Waals surface area contributed by atoms with E-state index in [1.165, 1.54) is 24.3 Å². The summed E-state index contributed by atoms with van der Waals surface area (Å²) in [5, 5.41) is 3.33. The molecule has 3 aliphatic heterocycles. The van der Waals surface area contributed by atoms with Gasteiger partial charge in [-0.05, 0) is 72.9 Å². The van der Waals surface area contributed by atoms with Crippen LogP contribution in [0.15, 0.2) is 42.6 Å². The van der Waals surface area contributed by atoms with Gasteiger partial charge >= 0.3 is 7.60 Å². The molecule has 0 radical (unpaired) electrons. The number of likely N-dealkylation sites (tertiary alicyclic amines) is 1. The minimum Gasteiger partial charge on any atom is -0.481 e. The normalized spacial score (nSPS) is 23.4. The SMILES string of the molecule is COc1cc(C2CN(C(=O)[C@@H]3CC[C@@H]4CCC[C@H](NC(=O)c5cc6cc([C@@H](F)P(=O)(O)O)ccc6s5)C(=O)N43)C2)ccn1. The predicted molar refractivity (Wildman–Crippen MR) is 157 cm³/mol. The number of hydrogen-bond acceptors (Lipinski definition) is 7. The van der Waals surface area contributed by atoms with Gasteiger partial charge in [0.25, 0.3) is 5.91 Å². The van der Waals surface area contributed by atoms with Gasteiger partial charge in [-0.3, -0.25) is 18.9 Å². The van der Waals surface area contributed by atoms with Gasteiger partial charge in [0.15, 0.2) is 0 Å². The predicted octanol–water partition coefficient (Wildman–Crippen LogP) is 3.72. The maximum absolute atomic E-state index is 14.2. The van der Waals surface area contributed by atoms with Crippen LogP contribution in [0.2, 0.25) is 0 Å². The van der Waals surface area contributed by atoms with E-state index in [1.807, 2.05) is 12.1 Å². The number of carbonyl (C=O) groups excluding carboxylic acids is 3. The zero-order chi connectivity index (χ0) is 30.5. The van der Waals surface area contributed by atoms with Gasteiger partial charge in [0.05, 0.1) is 12.0 Å². The summed E-state index contributed by atoms with van der Waals surface area (Å²) in [6, 6.07) is 8.05. The highest BCUT2D eigenvalue weighted by Gasteiger charge is 2.47. The van der Waals surface area contributed by atoms with Gasteiger partial charge in [-0.1, -0.05) is 6.07 Å². The van der Waals surface area contributed by atoms with Crippen molar-refractivity contribution in [3.8, 4) is 5.88 Å². The van der Waals surface area contributed by atoms with E-state index in [0.717, 1.165) is 36.2 Å². The first-order valence-electron chi connectivity index (χ1n) is 14.2. The second-order valence-corrected chi connectivity index (χ2v) is 14.1. The van der Waals surface area contributed by atoms with E-state index in [-0.39, 0.29) is 29.3 Å². The number of hydrogen-bond donors (Lipinski definition) is 3. The number of ether oxygens (including phenoxy) is 1. The van der Waals surface area contributed by atoms with Crippen LogP contribution in [0.4, 0.5) is 4.39 Å². The number of benzene rings is 1. The number of fused-ring (bicyclic) bond motifs is 2. The Balaban J connectivity index is 1.13. The molecule has 2 aromatic heterocycles. The second kappa shape index (κ2) is 11.6. The van der Waals surface area contributed by atoms with E-state index < -0.39 is 31.5 Å². The monoisotopic (exact) mass is 630 g/mol. The fraction of sp³-hybridized carbons (Fsp3) is 0.448. The third-order valence-corrected chi connectivity index (χ3v) is 10.6. The first kappa shape index (κ1) is 29.7. The van der Waals surface area contributed by atoms with Gasteiger partial charge in [0.1, 0.15) is 12.1 Å². The van der Waals surface area contributed by atoms with E-state index >= 15 is 0 Å². The molecule has 43 heavy (non-hydrogen) atoms. The average Bonchev–Trinajstić information content (AvgIpc) is 3.55. The molecule has 0 bridgehead atoms. The molecule has 11 nitrogen and oxygen atoms in total. The molecule has 6 rings (SSSR count). The molecule has 14 heteroatoms. The number of nitrogens with zero attached hydrogens (tertiary/aromatic N) is 3. The molecule has 3 N–H and O–H groups in total. The third kappa shape index (κ3) is 5.78. The fourth-order valence-corrected chi connectivity index (χ4v) is 7.85. The smallest absolute Gasteiger partial charge is 0.363 e. The summed E-state index contributed by atoms with van der Waals surface area (Å²) in [5.41, 5.74) is 0.881. The molecule has 3 amide bonds. The Labute approximate surface area is 251 Å². The molecule has 3 aliphatic rings. The minimum absolute atomic E-state index is 0.0460. The summed E-state index contributed by atoms with van der Waals surface area (Å²) in [6.45, 7) is 1.11. The summed E-state index contributed by atoms with van der Waals surface area (Å²) >= 11 is 1.14. The molecule has 0 saturated carbocycles. The molecule has 0 aliphatic carbocycles. The molecule has 3 saturated heterocycles. The van der Waals surface area contributed by atoms with Crippen LogP contribution in [0.3, 0.4) is 0 Å². The quantitative estimate of drug-likeness (QED) is 0.335. The lowest BCUT2D eigenvalue weighted by Crippen LogP contribution is -2.58. The Morgan fingerprint density at radius 1 is 1.14 bits per heavy atom. The number of nitrogens with one attached hydrogen (secondary N) is 1. The van der Waals surface area contributed by atoms with Crippen molar-refractivity contribution < 1.29 is 37.9 Å². The largest absolute Gasteiger partial charge is 0.481 e. The van der Waals surface area contributed by atoms with Crippen LogP contribution in [0.25, 0.3) is 10.1 Å². The number of pyridine rings is 1. The van der Waals surface area contributed by atoms with Crippen molar-refractivity contribution in [2.45, 2.75) is 62.1 Å². The van der Waals surface area contributed by atoms with Crippen molar-refractivity contribution in [2.24, 2.45) is 0 Å². The molecule has 4 atom stereocenters. The number of rotatable bonds is 7. The van der Waals surface area contributed by atoms with Crippen LogP contribution >= 0.6 is 18.9 Å². The number of carbonyl (C=O) groups is 3. The Kier molecular flexibility index (Phi) is 8.01. The molecule has 0 spiro atoms. The molecule has 1 aromatic carbocycles. The maximum Gasteiger partial charge on any atom is 0.363 e. The van der Waals surface area contributed by atoms with Crippen LogP contribution in [-0.2, 0) is 14.2 Å². The highest BCUT2D eigenvalue weighted by Crippen LogP contribution is 2.53. The Morgan fingerprint density at radius 2 is 1.93 bits per heavy atom. The first-order chi connectivity index (χ1) is 20.5. The third-order valence-electron chi connectivity index (χ3n) is 8.64. The van der Waals surface area contributed by atoms with Gasteiger partial charge < -0.3 is 29.6 Å². The van der Waals surface area contributed by atoms with E-state index in [1.54, 1.807) is 23.1 Å². The molecule has 0 unspecified atom stereocenters. The summed E-state index contributed by atoms with van der Waals surface area (Å²) in [5.74, 6) is -2.54. The zero-order valence-electron chi connectivity index (χ0n) is 23.4. The van der Waals surface area contributed by atoms with Crippen molar-refractivity contribution in [3.63, 3.8) is 0 Å². The summed E-state index contributed by atoms with van der Waals surface area (Å²) in [4.78, 5) is 66.9. The van der Waals surface area contributed by atoms with Gasteiger partial charge in [0.2, 0.25) is 23.6 Å². The number of thiophene rings is 1. The summed E-state index contributed by atoms with van der Waals surface area (Å²) in [7, 11) is -3.41. The molecule has 5 heterocycles. The van der Waals surface area contributed by atoms with Crippen molar-refractivity contribution >= 4 is 46.7 Å². The summed E-state index contributed by atoms with van der Waals surface area (Å²) in [6.07, 6.45) is 4.95. The lowest BCUT2D eigenvalue weighted by Gasteiger charge is -2.42. The molecular formula is C29H32FN4O7PS. The number of methoxy groups -OCH3 is 1. The molecular weight excluding hydrogens is 598 g/mol. The van der Waals surface area contributed by atoms with Crippen molar-refractivity contribution in [1.29, 1.82) is 0 Å². The number of alkyl halides is 1. The topological polar surface area (TPSA) is 149 Å². The van der Waals surface area contributed by atoms with Crippen LogP contribution in [-0.4, -0.2) is 80.6 Å². The van der Waals surface area contributed by atoms with Crippen LogP contribution in [0.1, 0.15) is 64.7 Å². The molecule has 3 fully saturated rings. The first-order valence-corrected chi connectivity index (χ1v) is 16.7. The average molecular weight is 631 g/mol. The fourth-order valence-electron chi connectivity index (χ4n) is 6.35.